The summed E-state index contributed by atoms with van der Waals surface area (Å²) in [6, 6.07) is 5.16. The monoisotopic (exact) mass is 509 g/mol. The van der Waals surface area contributed by atoms with Crippen LogP contribution in [0.2, 0.25) is 0 Å². The van der Waals surface area contributed by atoms with Crippen molar-refractivity contribution in [1.29, 1.82) is 0 Å². The smallest absolute Gasteiger partial charge is 0.186 e. The van der Waals surface area contributed by atoms with E-state index in [1.54, 1.807) is 12.1 Å². The van der Waals surface area contributed by atoms with Crippen molar-refractivity contribution >= 4 is 47.4 Å². The van der Waals surface area contributed by atoms with Gasteiger partial charge in [0.15, 0.2) is 24.8 Å². The maximum Gasteiger partial charge on any atom is 0.186 e. The third kappa shape index (κ3) is 6.04. The predicted molar refractivity (Wildman–Crippen MR) is 136 cm³/mol. The molecule has 10 heteroatoms. The van der Waals surface area contributed by atoms with Crippen LogP contribution in [-0.2, 0) is 19.7 Å². The van der Waals surface area contributed by atoms with E-state index < -0.39 is 19.7 Å². The van der Waals surface area contributed by atoms with Crippen molar-refractivity contribution in [2.45, 2.75) is 29.4 Å². The Morgan fingerprint density at radius 2 is 1.67 bits per heavy atom. The highest BCUT2D eigenvalue weighted by Crippen LogP contribution is 2.33. The van der Waals surface area contributed by atoms with Crippen LogP contribution in [0.5, 0.6) is 0 Å². The molecule has 0 N–H and O–H groups in total. The first-order valence-corrected chi connectivity index (χ1v) is 15.2. The standard InChI is InChI=1S/C23H31N3O4S3/c1-16(2)13-17(3)20-8-7-19(32(5,27)28)14-21(20)18(4)25-9-11-26(12-10-25)23-24-15-22(31-23)33(6,29)30/h7-8,14-16H,3-4,9-13H2,1-2,5-6H3. The van der Waals surface area contributed by atoms with E-state index in [0.717, 1.165) is 28.8 Å². The molecule has 1 saturated heterocycles. The lowest BCUT2D eigenvalue weighted by molar-refractivity contribution is 0.368. The number of hydrogen-bond donors (Lipinski definition) is 0. The van der Waals surface area contributed by atoms with Crippen LogP contribution in [0, 0.1) is 5.92 Å². The third-order valence-electron chi connectivity index (χ3n) is 5.54. The molecule has 33 heavy (non-hydrogen) atoms. The zero-order valence-corrected chi connectivity index (χ0v) is 22.0. The molecule has 0 spiro atoms. The Kier molecular flexibility index (Phi) is 7.40. The minimum atomic E-state index is -3.36. The Labute approximate surface area is 201 Å². The van der Waals surface area contributed by atoms with E-state index in [4.69, 9.17) is 0 Å². The van der Waals surface area contributed by atoms with Gasteiger partial charge in [-0.15, -0.1) is 0 Å². The molecule has 3 rings (SSSR count). The van der Waals surface area contributed by atoms with E-state index in [9.17, 15) is 16.8 Å². The third-order valence-corrected chi connectivity index (χ3v) is 9.49. The van der Waals surface area contributed by atoms with Gasteiger partial charge >= 0.3 is 0 Å². The van der Waals surface area contributed by atoms with Crippen molar-refractivity contribution in [3.63, 3.8) is 0 Å². The van der Waals surface area contributed by atoms with Gasteiger partial charge in [0.05, 0.1) is 11.1 Å². The molecule has 1 aromatic heterocycles. The number of allylic oxidation sites excluding steroid dienone is 1. The highest BCUT2D eigenvalue weighted by atomic mass is 32.2. The highest BCUT2D eigenvalue weighted by molar-refractivity contribution is 7.92. The largest absolute Gasteiger partial charge is 0.368 e. The number of rotatable bonds is 8. The molecule has 2 heterocycles. The van der Waals surface area contributed by atoms with Gasteiger partial charge in [-0.3, -0.25) is 0 Å². The van der Waals surface area contributed by atoms with Crippen molar-refractivity contribution in [2.24, 2.45) is 5.92 Å². The van der Waals surface area contributed by atoms with E-state index >= 15 is 0 Å². The Morgan fingerprint density at radius 3 is 2.18 bits per heavy atom. The van der Waals surface area contributed by atoms with Crippen molar-refractivity contribution in [3.05, 3.63) is 48.7 Å². The number of sulfone groups is 2. The van der Waals surface area contributed by atoms with E-state index in [0.29, 0.717) is 37.2 Å². The number of piperazine rings is 1. The van der Waals surface area contributed by atoms with Gasteiger partial charge in [0, 0.05) is 50.0 Å². The summed E-state index contributed by atoms with van der Waals surface area (Å²) >= 11 is 1.18. The first-order valence-electron chi connectivity index (χ1n) is 10.6. The summed E-state index contributed by atoms with van der Waals surface area (Å²) in [6.07, 6.45) is 4.60. The molecule has 1 aromatic carbocycles. The number of nitrogens with zero attached hydrogens (tertiary/aromatic N) is 3. The average molecular weight is 510 g/mol. The summed E-state index contributed by atoms with van der Waals surface area (Å²) in [5.41, 5.74) is 3.42. The van der Waals surface area contributed by atoms with Gasteiger partial charge in [-0.2, -0.15) is 0 Å². The van der Waals surface area contributed by atoms with Crippen LogP contribution in [0.1, 0.15) is 31.4 Å². The molecule has 180 valence electrons. The molecule has 1 fully saturated rings. The van der Waals surface area contributed by atoms with Gasteiger partial charge < -0.3 is 9.80 Å². The van der Waals surface area contributed by atoms with E-state index in [2.05, 4.69) is 41.8 Å². The molecule has 0 aliphatic carbocycles. The zero-order valence-electron chi connectivity index (χ0n) is 19.5. The molecule has 0 amide bonds. The number of hydrogen-bond acceptors (Lipinski definition) is 8. The lowest BCUT2D eigenvalue weighted by Gasteiger charge is -2.37. The van der Waals surface area contributed by atoms with Crippen LogP contribution in [0.25, 0.3) is 11.3 Å². The predicted octanol–water partition coefficient (Wildman–Crippen LogP) is 3.80. The van der Waals surface area contributed by atoms with Crippen molar-refractivity contribution in [3.8, 4) is 0 Å². The second-order valence-electron chi connectivity index (χ2n) is 8.84. The molecule has 0 radical (unpaired) electrons. The molecule has 0 bridgehead atoms. The fourth-order valence-electron chi connectivity index (χ4n) is 3.81. The van der Waals surface area contributed by atoms with Gasteiger partial charge in [-0.05, 0) is 35.6 Å². The number of aromatic nitrogens is 1. The Morgan fingerprint density at radius 1 is 1.03 bits per heavy atom. The number of thiazole rings is 1. The summed E-state index contributed by atoms with van der Waals surface area (Å²) in [7, 11) is -6.63. The summed E-state index contributed by atoms with van der Waals surface area (Å²) in [6.45, 7) is 15.4. The normalized spacial score (nSPS) is 15.2. The van der Waals surface area contributed by atoms with Crippen molar-refractivity contribution < 1.29 is 16.8 Å². The van der Waals surface area contributed by atoms with Gasteiger partial charge in [0.1, 0.15) is 4.21 Å². The second-order valence-corrected chi connectivity index (χ2v) is 14.1. The molecule has 0 saturated carbocycles. The number of benzene rings is 1. The summed E-state index contributed by atoms with van der Waals surface area (Å²) in [5.74, 6) is 0.423. The molecule has 0 atom stereocenters. The molecule has 2 aromatic rings. The lowest BCUT2D eigenvalue weighted by Crippen LogP contribution is -2.45. The molecule has 1 aliphatic rings. The van der Waals surface area contributed by atoms with E-state index in [1.807, 2.05) is 6.07 Å². The second kappa shape index (κ2) is 9.60. The number of anilines is 1. The minimum Gasteiger partial charge on any atom is -0.368 e. The van der Waals surface area contributed by atoms with Crippen LogP contribution in [0.3, 0.4) is 0 Å². The lowest BCUT2D eigenvalue weighted by atomic mass is 9.92. The summed E-state index contributed by atoms with van der Waals surface area (Å²) < 4.78 is 48.2. The van der Waals surface area contributed by atoms with Crippen molar-refractivity contribution in [1.82, 2.24) is 9.88 Å². The van der Waals surface area contributed by atoms with E-state index in [-0.39, 0.29) is 9.10 Å². The zero-order chi connectivity index (χ0) is 24.6. The van der Waals surface area contributed by atoms with Crippen LogP contribution >= 0.6 is 11.3 Å². The Balaban J connectivity index is 1.83. The van der Waals surface area contributed by atoms with Crippen molar-refractivity contribution in [2.75, 3.05) is 43.6 Å². The quantitative estimate of drug-likeness (QED) is 0.535. The van der Waals surface area contributed by atoms with Crippen LogP contribution < -0.4 is 4.90 Å². The van der Waals surface area contributed by atoms with Gasteiger partial charge in [-0.25, -0.2) is 21.8 Å². The molecule has 1 aliphatic heterocycles. The maximum atomic E-state index is 12.2. The first kappa shape index (κ1) is 25.5. The van der Waals surface area contributed by atoms with Crippen LogP contribution in [0.15, 0.2) is 46.7 Å². The highest BCUT2D eigenvalue weighted by Gasteiger charge is 2.24. The van der Waals surface area contributed by atoms with Gasteiger partial charge in [0.25, 0.3) is 0 Å². The first-order chi connectivity index (χ1) is 15.3. The van der Waals surface area contributed by atoms with Gasteiger partial charge in [-0.1, -0.05) is 44.4 Å². The fourth-order valence-corrected chi connectivity index (χ4v) is 6.23. The molecular weight excluding hydrogens is 478 g/mol. The topological polar surface area (TPSA) is 87.7 Å². The van der Waals surface area contributed by atoms with Gasteiger partial charge in [0.2, 0.25) is 0 Å². The maximum absolute atomic E-state index is 12.2. The Hall–Kier alpha value is -2.17. The summed E-state index contributed by atoms with van der Waals surface area (Å²) in [5, 5.41) is 0.686. The van der Waals surface area contributed by atoms with E-state index in [1.165, 1.54) is 30.0 Å². The summed E-state index contributed by atoms with van der Waals surface area (Å²) in [4.78, 5) is 8.74. The fraction of sp³-hybridized carbons (Fsp3) is 0.435. The Bertz CT molecular complexity index is 1270. The molecular formula is C23H31N3O4S3. The molecule has 0 unspecified atom stereocenters. The minimum absolute atomic E-state index is 0.259. The SMILES string of the molecule is C=C(CC(C)C)c1ccc(S(C)(=O)=O)cc1C(=C)N1CCN(c2ncc(S(C)(=O)=O)s2)CC1. The van der Waals surface area contributed by atoms with Crippen LogP contribution in [0.4, 0.5) is 5.13 Å². The molecule has 7 nitrogen and oxygen atoms in total. The van der Waals surface area contributed by atoms with Crippen LogP contribution in [-0.4, -0.2) is 65.4 Å². The average Bonchev–Trinajstić information content (AvgIpc) is 3.22.